The number of fused-ring (bicyclic) bond motifs is 6. The minimum atomic E-state index is -0.171. The van der Waals surface area contributed by atoms with Gasteiger partial charge in [-0.1, -0.05) is 18.2 Å². The summed E-state index contributed by atoms with van der Waals surface area (Å²) in [5.74, 6) is 4.14. The normalized spacial score (nSPS) is 19.6. The van der Waals surface area contributed by atoms with Crippen LogP contribution in [0.25, 0.3) is 11.0 Å². The fraction of sp³-hybridized carbons (Fsp3) is 0.250. The number of ether oxygens (including phenoxy) is 2. The molecule has 0 saturated heterocycles. The first kappa shape index (κ1) is 18.6. The number of imidazole rings is 1. The van der Waals surface area contributed by atoms with E-state index < -0.39 is 0 Å². The van der Waals surface area contributed by atoms with Crippen molar-refractivity contribution >= 4 is 22.9 Å². The molecule has 33 heavy (non-hydrogen) atoms. The maximum Gasteiger partial charge on any atom is 0.216 e. The van der Waals surface area contributed by atoms with E-state index in [1.165, 1.54) is 0 Å². The molecule has 3 aliphatic rings. The van der Waals surface area contributed by atoms with Crippen molar-refractivity contribution in [1.82, 2.24) is 19.8 Å². The molecule has 5 heterocycles. The summed E-state index contributed by atoms with van der Waals surface area (Å²) in [7, 11) is 0. The lowest BCUT2D eigenvalue weighted by molar-refractivity contribution is 0.171. The molecular weight excluding hydrogens is 420 g/mol. The molecule has 0 fully saturated rings. The van der Waals surface area contributed by atoms with Crippen molar-refractivity contribution in [2.75, 3.05) is 31.5 Å². The van der Waals surface area contributed by atoms with Crippen LogP contribution in [0.1, 0.15) is 17.5 Å². The van der Waals surface area contributed by atoms with Gasteiger partial charge in [0.15, 0.2) is 11.5 Å². The summed E-state index contributed by atoms with van der Waals surface area (Å²) >= 11 is 0. The number of furan rings is 1. The number of hydrogen-bond donors (Lipinski definition) is 1. The number of rotatable bonds is 3. The molecule has 0 saturated carbocycles. The second kappa shape index (κ2) is 7.28. The quantitative estimate of drug-likeness (QED) is 0.522. The van der Waals surface area contributed by atoms with Crippen LogP contribution in [0.15, 0.2) is 70.3 Å². The molecule has 0 spiro atoms. The Balaban J connectivity index is 1.31. The first-order valence-electron chi connectivity index (χ1n) is 11.0. The summed E-state index contributed by atoms with van der Waals surface area (Å²) in [6.07, 6.45) is 1.53. The average molecular weight is 442 g/mol. The van der Waals surface area contributed by atoms with Gasteiger partial charge in [0.2, 0.25) is 11.9 Å². The second-order valence-corrected chi connectivity index (χ2v) is 8.32. The number of benzene rings is 2. The Kier molecular flexibility index (Phi) is 4.10. The van der Waals surface area contributed by atoms with Crippen LogP contribution in [-0.2, 0) is 6.54 Å². The molecule has 2 aromatic heterocycles. The highest BCUT2D eigenvalue weighted by molar-refractivity contribution is 5.98. The molecule has 9 heteroatoms. The van der Waals surface area contributed by atoms with Crippen LogP contribution in [-0.4, -0.2) is 47.0 Å². The molecule has 0 bridgehead atoms. The zero-order valence-corrected chi connectivity index (χ0v) is 17.8. The second-order valence-electron chi connectivity index (χ2n) is 8.32. The van der Waals surface area contributed by atoms with E-state index in [2.05, 4.69) is 31.8 Å². The van der Waals surface area contributed by atoms with Crippen molar-refractivity contribution in [1.29, 1.82) is 0 Å². The molecule has 2 aromatic carbocycles. The lowest BCUT2D eigenvalue weighted by Gasteiger charge is -2.41. The minimum absolute atomic E-state index is 0.171. The third kappa shape index (κ3) is 3.04. The van der Waals surface area contributed by atoms with Gasteiger partial charge < -0.3 is 19.2 Å². The standard InChI is InChI=1S/C24H22N6O3/c1-2-6-19-18(5-1)26-24-29-15-28(13-17-4-3-9-31-17)14-25-23(29)27-22(30(19)24)16-7-8-20-21(12-16)33-11-10-32-20/h1-9,12,22H,10-11,13-15H2,(H,25,27). The number of para-hydroxylation sites is 2. The summed E-state index contributed by atoms with van der Waals surface area (Å²) in [4.78, 5) is 14.2. The third-order valence-electron chi connectivity index (χ3n) is 6.20. The van der Waals surface area contributed by atoms with Gasteiger partial charge in [-0.3, -0.25) is 14.4 Å². The van der Waals surface area contributed by atoms with Crippen LogP contribution < -0.4 is 19.7 Å². The highest BCUT2D eigenvalue weighted by Gasteiger charge is 2.36. The molecule has 1 atom stereocenters. The van der Waals surface area contributed by atoms with E-state index in [0.717, 1.165) is 45.8 Å². The first-order chi connectivity index (χ1) is 16.3. The molecule has 7 rings (SSSR count). The number of aromatic nitrogens is 2. The number of nitrogens with zero attached hydrogens (tertiary/aromatic N) is 5. The number of hydrogen-bond acceptors (Lipinski definition) is 8. The van der Waals surface area contributed by atoms with Gasteiger partial charge in [0.05, 0.1) is 37.2 Å². The van der Waals surface area contributed by atoms with Crippen LogP contribution >= 0.6 is 0 Å². The van der Waals surface area contributed by atoms with Crippen LogP contribution in [0.5, 0.6) is 11.5 Å². The number of aliphatic imine (C=N–C) groups is 1. The van der Waals surface area contributed by atoms with Crippen LogP contribution in [0, 0.1) is 0 Å². The average Bonchev–Trinajstić information content (AvgIpc) is 3.51. The summed E-state index contributed by atoms with van der Waals surface area (Å²) in [6.45, 7) is 3.05. The van der Waals surface area contributed by atoms with Crippen LogP contribution in [0.4, 0.5) is 5.95 Å². The summed E-state index contributed by atoms with van der Waals surface area (Å²) < 4.78 is 19.3. The van der Waals surface area contributed by atoms with Gasteiger partial charge in [-0.2, -0.15) is 0 Å². The van der Waals surface area contributed by atoms with Gasteiger partial charge in [-0.25, -0.2) is 9.98 Å². The van der Waals surface area contributed by atoms with Gasteiger partial charge in [-0.15, -0.1) is 0 Å². The molecule has 166 valence electrons. The Morgan fingerprint density at radius 3 is 2.82 bits per heavy atom. The van der Waals surface area contributed by atoms with E-state index in [-0.39, 0.29) is 6.17 Å². The van der Waals surface area contributed by atoms with Crippen molar-refractivity contribution in [3.8, 4) is 11.5 Å². The number of guanidine groups is 1. The van der Waals surface area contributed by atoms with Crippen molar-refractivity contribution in [3.63, 3.8) is 0 Å². The Hall–Kier alpha value is -3.98. The van der Waals surface area contributed by atoms with Gasteiger partial charge in [0, 0.05) is 0 Å². The Morgan fingerprint density at radius 1 is 1.00 bits per heavy atom. The molecule has 1 unspecified atom stereocenters. The number of nitrogens with one attached hydrogen (secondary N) is 1. The van der Waals surface area contributed by atoms with E-state index >= 15 is 0 Å². The maximum atomic E-state index is 5.85. The maximum absolute atomic E-state index is 5.85. The minimum Gasteiger partial charge on any atom is -0.486 e. The molecule has 0 aliphatic carbocycles. The van der Waals surface area contributed by atoms with Gasteiger partial charge in [0.25, 0.3) is 0 Å². The summed E-state index contributed by atoms with van der Waals surface area (Å²) in [5, 5.41) is 3.64. The lowest BCUT2D eigenvalue weighted by Crippen LogP contribution is -2.57. The van der Waals surface area contributed by atoms with Crippen molar-refractivity contribution in [2.24, 2.45) is 4.99 Å². The largest absolute Gasteiger partial charge is 0.486 e. The van der Waals surface area contributed by atoms with Crippen molar-refractivity contribution in [2.45, 2.75) is 12.7 Å². The van der Waals surface area contributed by atoms with Crippen LogP contribution in [0.3, 0.4) is 0 Å². The van der Waals surface area contributed by atoms with Crippen molar-refractivity contribution < 1.29 is 13.9 Å². The third-order valence-corrected chi connectivity index (χ3v) is 6.20. The Bertz CT molecular complexity index is 1360. The highest BCUT2D eigenvalue weighted by atomic mass is 16.6. The Morgan fingerprint density at radius 2 is 1.91 bits per heavy atom. The SMILES string of the molecule is c1coc(CN2CN=C3NC(c4ccc5c(c4)OCCO5)n4c(nc5ccccc54)N3C2)c1. The van der Waals surface area contributed by atoms with Gasteiger partial charge in [-0.05, 0) is 42.0 Å². The predicted octanol–water partition coefficient (Wildman–Crippen LogP) is 3.14. The molecule has 0 radical (unpaired) electrons. The highest BCUT2D eigenvalue weighted by Crippen LogP contribution is 2.38. The fourth-order valence-corrected chi connectivity index (χ4v) is 4.69. The summed E-state index contributed by atoms with van der Waals surface area (Å²) in [6, 6.07) is 18.2. The van der Waals surface area contributed by atoms with Gasteiger partial charge in [0.1, 0.15) is 25.1 Å². The Labute approximate surface area is 189 Å². The molecule has 9 nitrogen and oxygen atoms in total. The molecule has 3 aliphatic heterocycles. The van der Waals surface area contributed by atoms with Crippen LogP contribution in [0.2, 0.25) is 0 Å². The smallest absolute Gasteiger partial charge is 0.216 e. The van der Waals surface area contributed by atoms with E-state index in [1.54, 1.807) is 6.26 Å². The zero-order chi connectivity index (χ0) is 21.8. The van der Waals surface area contributed by atoms with E-state index in [4.69, 9.17) is 23.9 Å². The first-order valence-corrected chi connectivity index (χ1v) is 11.0. The summed E-state index contributed by atoms with van der Waals surface area (Å²) in [5.41, 5.74) is 3.06. The topological polar surface area (TPSA) is 80.3 Å². The predicted molar refractivity (Wildman–Crippen MR) is 122 cm³/mol. The van der Waals surface area contributed by atoms with E-state index in [9.17, 15) is 0 Å². The molecular formula is C24H22N6O3. The zero-order valence-electron chi connectivity index (χ0n) is 17.8. The molecule has 4 aromatic rings. The monoisotopic (exact) mass is 442 g/mol. The molecule has 1 N–H and O–H groups in total. The van der Waals surface area contributed by atoms with E-state index in [1.807, 2.05) is 42.5 Å². The molecule has 0 amide bonds. The van der Waals surface area contributed by atoms with Crippen molar-refractivity contribution in [3.05, 3.63) is 72.2 Å². The van der Waals surface area contributed by atoms with E-state index in [0.29, 0.717) is 33.1 Å². The number of anilines is 1. The van der Waals surface area contributed by atoms with Gasteiger partial charge >= 0.3 is 0 Å². The lowest BCUT2D eigenvalue weighted by atomic mass is 10.1. The fourth-order valence-electron chi connectivity index (χ4n) is 4.69.